The second-order valence-corrected chi connectivity index (χ2v) is 5.85. The smallest absolute Gasteiger partial charge is 0.260 e. The van der Waals surface area contributed by atoms with Gasteiger partial charge >= 0.3 is 0 Å². The fraction of sp³-hybridized carbons (Fsp3) is 0.333. The fourth-order valence-electron chi connectivity index (χ4n) is 2.42. The van der Waals surface area contributed by atoms with Crippen molar-refractivity contribution < 1.29 is 9.53 Å². The van der Waals surface area contributed by atoms with Gasteiger partial charge in [0.15, 0.2) is 0 Å². The lowest BCUT2D eigenvalue weighted by Gasteiger charge is -2.23. The molecule has 2 aromatic rings. The fourth-order valence-corrected chi connectivity index (χ4v) is 2.42. The minimum absolute atomic E-state index is 0.120. The molecule has 0 saturated carbocycles. The third-order valence-corrected chi connectivity index (χ3v) is 3.73. The summed E-state index contributed by atoms with van der Waals surface area (Å²) in [6.45, 7) is 5.82. The van der Waals surface area contributed by atoms with Crippen LogP contribution >= 0.6 is 0 Å². The van der Waals surface area contributed by atoms with Crippen LogP contribution in [-0.2, 0) is 0 Å². The number of carbonyl (C=O) groups is 1. The van der Waals surface area contributed by atoms with E-state index in [1.54, 1.807) is 26.2 Å². The van der Waals surface area contributed by atoms with Crippen molar-refractivity contribution in [2.45, 2.75) is 26.8 Å². The van der Waals surface area contributed by atoms with E-state index in [1.165, 1.54) is 0 Å². The van der Waals surface area contributed by atoms with Gasteiger partial charge in [-0.3, -0.25) is 9.59 Å². The first-order valence-electron chi connectivity index (χ1n) is 7.57. The largest absolute Gasteiger partial charge is 0.497 e. The SMILES string of the molecule is COc1ccc(C(NC(=O)c2ccc(C)[nH]c2=O)C(C)C)cc1. The lowest BCUT2D eigenvalue weighted by Crippen LogP contribution is -2.35. The van der Waals surface area contributed by atoms with E-state index in [9.17, 15) is 9.59 Å². The van der Waals surface area contributed by atoms with E-state index in [-0.39, 0.29) is 29.0 Å². The molecule has 5 heteroatoms. The van der Waals surface area contributed by atoms with Crippen LogP contribution in [0.15, 0.2) is 41.2 Å². The normalized spacial score (nSPS) is 12.0. The van der Waals surface area contributed by atoms with Gasteiger partial charge in [0.1, 0.15) is 11.3 Å². The summed E-state index contributed by atoms with van der Waals surface area (Å²) in [4.78, 5) is 27.0. The highest BCUT2D eigenvalue weighted by molar-refractivity contribution is 5.94. The van der Waals surface area contributed by atoms with Crippen LogP contribution in [0.5, 0.6) is 5.75 Å². The Kier molecular flexibility index (Phi) is 5.21. The van der Waals surface area contributed by atoms with Crippen LogP contribution in [0.25, 0.3) is 0 Å². The summed E-state index contributed by atoms with van der Waals surface area (Å²) in [6.07, 6.45) is 0. The van der Waals surface area contributed by atoms with Crippen molar-refractivity contribution in [1.29, 1.82) is 0 Å². The maximum atomic E-state index is 12.4. The Bertz CT molecular complexity index is 733. The quantitative estimate of drug-likeness (QED) is 0.891. The number of H-pyrrole nitrogens is 1. The Morgan fingerprint density at radius 2 is 1.78 bits per heavy atom. The van der Waals surface area contributed by atoms with E-state index in [4.69, 9.17) is 4.74 Å². The van der Waals surface area contributed by atoms with Gasteiger partial charge in [-0.2, -0.15) is 0 Å². The highest BCUT2D eigenvalue weighted by Crippen LogP contribution is 2.24. The third-order valence-electron chi connectivity index (χ3n) is 3.73. The molecule has 0 radical (unpaired) electrons. The minimum atomic E-state index is -0.375. The van der Waals surface area contributed by atoms with Gasteiger partial charge in [0.2, 0.25) is 0 Å². The van der Waals surface area contributed by atoms with Crippen LogP contribution in [0, 0.1) is 12.8 Å². The van der Waals surface area contributed by atoms with Crippen LogP contribution in [0.2, 0.25) is 0 Å². The van der Waals surface area contributed by atoms with Gasteiger partial charge in [-0.05, 0) is 42.7 Å². The van der Waals surface area contributed by atoms with E-state index in [1.807, 2.05) is 38.1 Å². The van der Waals surface area contributed by atoms with Crippen LogP contribution in [0.1, 0.15) is 41.5 Å². The zero-order chi connectivity index (χ0) is 17.0. The molecule has 0 bridgehead atoms. The third kappa shape index (κ3) is 4.00. The molecule has 0 saturated heterocycles. The van der Waals surface area contributed by atoms with Crippen molar-refractivity contribution in [2.24, 2.45) is 5.92 Å². The van der Waals surface area contributed by atoms with Crippen LogP contribution in [-0.4, -0.2) is 18.0 Å². The number of methoxy groups -OCH3 is 1. The summed E-state index contributed by atoms with van der Waals surface area (Å²) in [5.41, 5.74) is 1.44. The predicted molar refractivity (Wildman–Crippen MR) is 89.8 cm³/mol. The summed E-state index contributed by atoms with van der Waals surface area (Å²) in [7, 11) is 1.61. The molecule has 0 aliphatic carbocycles. The molecule has 0 aliphatic rings. The van der Waals surface area contributed by atoms with Crippen molar-refractivity contribution in [1.82, 2.24) is 10.3 Å². The number of carbonyl (C=O) groups excluding carboxylic acids is 1. The van der Waals surface area contributed by atoms with Gasteiger partial charge in [0.05, 0.1) is 13.2 Å². The van der Waals surface area contributed by atoms with E-state index >= 15 is 0 Å². The van der Waals surface area contributed by atoms with Crippen molar-refractivity contribution >= 4 is 5.91 Å². The van der Waals surface area contributed by atoms with Gasteiger partial charge in [0.25, 0.3) is 11.5 Å². The van der Waals surface area contributed by atoms with Crippen molar-refractivity contribution in [3.63, 3.8) is 0 Å². The number of aromatic amines is 1. The number of aromatic nitrogens is 1. The average molecular weight is 314 g/mol. The predicted octanol–water partition coefficient (Wildman–Crippen LogP) is 2.82. The number of hydrogen-bond acceptors (Lipinski definition) is 3. The molecule has 1 amide bonds. The first-order chi connectivity index (χ1) is 10.9. The number of aryl methyl sites for hydroxylation is 1. The van der Waals surface area contributed by atoms with Crippen molar-refractivity contribution in [3.05, 3.63) is 63.6 Å². The lowest BCUT2D eigenvalue weighted by atomic mass is 9.95. The van der Waals surface area contributed by atoms with E-state index < -0.39 is 0 Å². The molecule has 122 valence electrons. The van der Waals surface area contributed by atoms with E-state index in [2.05, 4.69) is 10.3 Å². The Balaban J connectivity index is 2.24. The molecule has 2 rings (SSSR count). The second-order valence-electron chi connectivity index (χ2n) is 5.85. The van der Waals surface area contributed by atoms with Crippen LogP contribution in [0.4, 0.5) is 0 Å². The number of ether oxygens (including phenoxy) is 1. The van der Waals surface area contributed by atoms with Crippen LogP contribution < -0.4 is 15.6 Å². The summed E-state index contributed by atoms with van der Waals surface area (Å²) in [5, 5.41) is 2.95. The molecule has 0 fully saturated rings. The highest BCUT2D eigenvalue weighted by Gasteiger charge is 2.20. The zero-order valence-electron chi connectivity index (χ0n) is 13.8. The molecule has 1 heterocycles. The molecule has 1 unspecified atom stereocenters. The number of rotatable bonds is 5. The van der Waals surface area contributed by atoms with Crippen molar-refractivity contribution in [2.75, 3.05) is 7.11 Å². The number of amides is 1. The molecule has 0 aliphatic heterocycles. The first-order valence-corrected chi connectivity index (χ1v) is 7.57. The molecule has 2 N–H and O–H groups in total. The minimum Gasteiger partial charge on any atom is -0.497 e. The first kappa shape index (κ1) is 16.8. The van der Waals surface area contributed by atoms with E-state index in [0.717, 1.165) is 17.0 Å². The number of benzene rings is 1. The van der Waals surface area contributed by atoms with Crippen LogP contribution in [0.3, 0.4) is 0 Å². The number of nitrogens with one attached hydrogen (secondary N) is 2. The molecule has 1 aromatic heterocycles. The standard InChI is InChI=1S/C18H22N2O3/c1-11(2)16(13-6-8-14(23-4)9-7-13)20-18(22)15-10-5-12(3)19-17(15)21/h5-11,16H,1-4H3,(H,19,21)(H,20,22). The Hall–Kier alpha value is -2.56. The lowest BCUT2D eigenvalue weighted by molar-refractivity contribution is 0.0924. The summed E-state index contributed by atoms with van der Waals surface area (Å²) in [5.74, 6) is 0.565. The van der Waals surface area contributed by atoms with Gasteiger partial charge in [0, 0.05) is 5.69 Å². The molecule has 0 spiro atoms. The monoisotopic (exact) mass is 314 g/mol. The number of hydrogen-bond donors (Lipinski definition) is 2. The molecule has 5 nitrogen and oxygen atoms in total. The molecule has 1 aromatic carbocycles. The van der Waals surface area contributed by atoms with Crippen molar-refractivity contribution in [3.8, 4) is 5.75 Å². The van der Waals surface area contributed by atoms with Gasteiger partial charge in [-0.25, -0.2) is 0 Å². The van der Waals surface area contributed by atoms with Gasteiger partial charge < -0.3 is 15.0 Å². The summed E-state index contributed by atoms with van der Waals surface area (Å²) >= 11 is 0. The molecular weight excluding hydrogens is 292 g/mol. The van der Waals surface area contributed by atoms with E-state index in [0.29, 0.717) is 0 Å². The van der Waals surface area contributed by atoms with Gasteiger partial charge in [-0.1, -0.05) is 26.0 Å². The Morgan fingerprint density at radius 3 is 2.30 bits per heavy atom. The summed E-state index contributed by atoms with van der Waals surface area (Å²) in [6, 6.07) is 10.6. The Morgan fingerprint density at radius 1 is 1.13 bits per heavy atom. The highest BCUT2D eigenvalue weighted by atomic mass is 16.5. The molecule has 1 atom stereocenters. The zero-order valence-corrected chi connectivity index (χ0v) is 13.8. The molecular formula is C18H22N2O3. The van der Waals surface area contributed by atoms with Gasteiger partial charge in [-0.15, -0.1) is 0 Å². The Labute approximate surface area is 135 Å². The maximum Gasteiger partial charge on any atom is 0.260 e. The number of pyridine rings is 1. The average Bonchev–Trinajstić information content (AvgIpc) is 2.52. The summed E-state index contributed by atoms with van der Waals surface area (Å²) < 4.78 is 5.15. The second kappa shape index (κ2) is 7.13. The topological polar surface area (TPSA) is 71.2 Å². The molecule has 23 heavy (non-hydrogen) atoms. The maximum absolute atomic E-state index is 12.4.